The fourth-order valence-electron chi connectivity index (χ4n) is 2.67. The van der Waals surface area contributed by atoms with Gasteiger partial charge in [0.1, 0.15) is 0 Å². The van der Waals surface area contributed by atoms with Gasteiger partial charge in [0.25, 0.3) is 0 Å². The van der Waals surface area contributed by atoms with E-state index in [1.165, 1.54) is 0 Å². The summed E-state index contributed by atoms with van der Waals surface area (Å²) in [5.74, 6) is 0. The number of ether oxygens (including phenoxy) is 2. The van der Waals surface area contributed by atoms with E-state index in [2.05, 4.69) is 31.0 Å². The number of hydrogen-bond donors (Lipinski definition) is 1. The lowest BCUT2D eigenvalue weighted by molar-refractivity contribution is -0.147. The molecule has 0 saturated carbocycles. The molecule has 2 heterocycles. The van der Waals surface area contributed by atoms with E-state index in [0.717, 1.165) is 52.4 Å². The van der Waals surface area contributed by atoms with Gasteiger partial charge in [0.05, 0.1) is 25.4 Å². The second kappa shape index (κ2) is 6.33. The van der Waals surface area contributed by atoms with Crippen LogP contribution in [-0.2, 0) is 9.47 Å². The second-order valence-corrected chi connectivity index (χ2v) is 6.73. The van der Waals surface area contributed by atoms with Gasteiger partial charge in [-0.05, 0) is 11.8 Å². The van der Waals surface area contributed by atoms with Crippen molar-refractivity contribution in [2.24, 2.45) is 5.41 Å². The maximum absolute atomic E-state index is 5.95. The molecule has 2 rings (SSSR count). The summed E-state index contributed by atoms with van der Waals surface area (Å²) >= 11 is 0. The molecule has 0 aromatic carbocycles. The van der Waals surface area contributed by atoms with Crippen molar-refractivity contribution in [3.05, 3.63) is 0 Å². The Hall–Kier alpha value is -0.160. The molecule has 2 fully saturated rings. The predicted molar refractivity (Wildman–Crippen MR) is 72.9 cm³/mol. The van der Waals surface area contributed by atoms with Crippen molar-refractivity contribution in [1.29, 1.82) is 0 Å². The van der Waals surface area contributed by atoms with Gasteiger partial charge in [-0.2, -0.15) is 0 Å². The van der Waals surface area contributed by atoms with Crippen LogP contribution in [0.25, 0.3) is 0 Å². The Bertz CT molecular complexity index is 239. The maximum atomic E-state index is 5.95. The summed E-state index contributed by atoms with van der Waals surface area (Å²) in [4.78, 5) is 2.47. The van der Waals surface area contributed by atoms with Crippen molar-refractivity contribution in [3.63, 3.8) is 0 Å². The number of nitrogens with one attached hydrogen (secondary N) is 1. The number of hydrogen-bond acceptors (Lipinski definition) is 4. The largest absolute Gasteiger partial charge is 0.373 e. The molecule has 2 aliphatic rings. The first-order chi connectivity index (χ1) is 8.53. The first kappa shape index (κ1) is 14.3. The summed E-state index contributed by atoms with van der Waals surface area (Å²) < 4.78 is 11.9. The zero-order chi connectivity index (χ0) is 13.0. The molecule has 4 nitrogen and oxygen atoms in total. The van der Waals surface area contributed by atoms with Gasteiger partial charge in [-0.3, -0.25) is 4.90 Å². The summed E-state index contributed by atoms with van der Waals surface area (Å²) in [5, 5.41) is 3.37. The molecule has 2 saturated heterocycles. The van der Waals surface area contributed by atoms with Gasteiger partial charge in [0.2, 0.25) is 0 Å². The van der Waals surface area contributed by atoms with Crippen LogP contribution in [0.4, 0.5) is 0 Å². The van der Waals surface area contributed by atoms with E-state index < -0.39 is 0 Å². The van der Waals surface area contributed by atoms with Crippen LogP contribution >= 0.6 is 0 Å². The number of rotatable bonds is 3. The maximum Gasteiger partial charge on any atom is 0.0936 e. The Morgan fingerprint density at radius 1 is 1.06 bits per heavy atom. The van der Waals surface area contributed by atoms with Gasteiger partial charge < -0.3 is 14.8 Å². The van der Waals surface area contributed by atoms with Crippen LogP contribution in [0.1, 0.15) is 27.2 Å². The molecule has 4 heteroatoms. The van der Waals surface area contributed by atoms with Gasteiger partial charge in [-0.1, -0.05) is 20.8 Å². The zero-order valence-electron chi connectivity index (χ0n) is 12.1. The summed E-state index contributed by atoms with van der Waals surface area (Å²) in [5.41, 5.74) is 0.319. The molecular weight excluding hydrogens is 228 g/mol. The van der Waals surface area contributed by atoms with Crippen molar-refractivity contribution in [1.82, 2.24) is 10.2 Å². The minimum Gasteiger partial charge on any atom is -0.373 e. The standard InChI is InChI=1S/C14H28N2O2/c1-14(2,3)8-12-10-18-13(11-17-12)9-16-6-4-15-5-7-16/h12-13,15H,4-11H2,1-3H3/t12-,13+/m0/s1. The summed E-state index contributed by atoms with van der Waals surface area (Å²) in [6.07, 6.45) is 1.62. The van der Waals surface area contributed by atoms with E-state index in [-0.39, 0.29) is 12.2 Å². The molecule has 0 amide bonds. The average Bonchev–Trinajstić information content (AvgIpc) is 2.31. The Kier molecular flexibility index (Phi) is 5.01. The van der Waals surface area contributed by atoms with Crippen LogP contribution in [0.5, 0.6) is 0 Å². The van der Waals surface area contributed by atoms with E-state index in [0.29, 0.717) is 5.41 Å². The third-order valence-electron chi connectivity index (χ3n) is 3.55. The predicted octanol–water partition coefficient (Wildman–Crippen LogP) is 1.11. The third kappa shape index (κ3) is 4.84. The molecule has 0 spiro atoms. The Balaban J connectivity index is 1.66. The van der Waals surface area contributed by atoms with Gasteiger partial charge in [-0.15, -0.1) is 0 Å². The van der Waals surface area contributed by atoms with E-state index in [1.807, 2.05) is 0 Å². The molecule has 0 bridgehead atoms. The van der Waals surface area contributed by atoms with Crippen LogP contribution in [0.2, 0.25) is 0 Å². The molecule has 0 aromatic heterocycles. The molecule has 0 radical (unpaired) electrons. The fraction of sp³-hybridized carbons (Fsp3) is 1.00. The van der Waals surface area contributed by atoms with Crippen molar-refractivity contribution in [2.75, 3.05) is 45.9 Å². The highest BCUT2D eigenvalue weighted by atomic mass is 16.6. The Morgan fingerprint density at radius 3 is 2.22 bits per heavy atom. The van der Waals surface area contributed by atoms with Crippen molar-refractivity contribution in [3.8, 4) is 0 Å². The SMILES string of the molecule is CC(C)(C)C[C@H]1CO[C@H](CN2CCNCC2)CO1. The lowest BCUT2D eigenvalue weighted by Gasteiger charge is -2.36. The van der Waals surface area contributed by atoms with Crippen LogP contribution in [0.3, 0.4) is 0 Å². The van der Waals surface area contributed by atoms with Crippen LogP contribution in [0.15, 0.2) is 0 Å². The van der Waals surface area contributed by atoms with Crippen LogP contribution in [-0.4, -0.2) is 63.0 Å². The second-order valence-electron chi connectivity index (χ2n) is 6.73. The molecule has 2 atom stereocenters. The molecule has 0 unspecified atom stereocenters. The van der Waals surface area contributed by atoms with Crippen molar-refractivity contribution in [2.45, 2.75) is 39.4 Å². The highest BCUT2D eigenvalue weighted by Gasteiger charge is 2.27. The first-order valence-electron chi connectivity index (χ1n) is 7.19. The molecular formula is C14H28N2O2. The molecule has 18 heavy (non-hydrogen) atoms. The Labute approximate surface area is 111 Å². The third-order valence-corrected chi connectivity index (χ3v) is 3.55. The van der Waals surface area contributed by atoms with Crippen LogP contribution in [0, 0.1) is 5.41 Å². The van der Waals surface area contributed by atoms with Gasteiger partial charge in [0.15, 0.2) is 0 Å². The smallest absolute Gasteiger partial charge is 0.0936 e. The van der Waals surface area contributed by atoms with E-state index in [1.54, 1.807) is 0 Å². The minimum atomic E-state index is 0.263. The first-order valence-corrected chi connectivity index (χ1v) is 7.19. The monoisotopic (exact) mass is 256 g/mol. The number of piperazine rings is 1. The molecule has 0 aliphatic carbocycles. The molecule has 2 aliphatic heterocycles. The molecule has 1 N–H and O–H groups in total. The van der Waals surface area contributed by atoms with E-state index >= 15 is 0 Å². The molecule has 106 valence electrons. The summed E-state index contributed by atoms with van der Waals surface area (Å²) in [6, 6.07) is 0. The van der Waals surface area contributed by atoms with Gasteiger partial charge >= 0.3 is 0 Å². The van der Waals surface area contributed by atoms with Crippen molar-refractivity contribution < 1.29 is 9.47 Å². The summed E-state index contributed by atoms with van der Waals surface area (Å²) in [6.45, 7) is 13.7. The zero-order valence-corrected chi connectivity index (χ0v) is 12.1. The normalized spacial score (nSPS) is 31.5. The van der Waals surface area contributed by atoms with Gasteiger partial charge in [0, 0.05) is 32.7 Å². The lowest BCUT2D eigenvalue weighted by Crippen LogP contribution is -2.49. The van der Waals surface area contributed by atoms with E-state index in [9.17, 15) is 0 Å². The van der Waals surface area contributed by atoms with Crippen molar-refractivity contribution >= 4 is 0 Å². The minimum absolute atomic E-state index is 0.263. The van der Waals surface area contributed by atoms with Gasteiger partial charge in [-0.25, -0.2) is 0 Å². The van der Waals surface area contributed by atoms with E-state index in [4.69, 9.17) is 9.47 Å². The number of nitrogens with zero attached hydrogens (tertiary/aromatic N) is 1. The fourth-order valence-corrected chi connectivity index (χ4v) is 2.67. The quantitative estimate of drug-likeness (QED) is 0.820. The molecule has 0 aromatic rings. The van der Waals surface area contributed by atoms with Crippen LogP contribution < -0.4 is 5.32 Å². The Morgan fingerprint density at radius 2 is 1.67 bits per heavy atom. The summed E-state index contributed by atoms with van der Waals surface area (Å²) in [7, 11) is 0. The highest BCUT2D eigenvalue weighted by molar-refractivity contribution is 4.77. The highest BCUT2D eigenvalue weighted by Crippen LogP contribution is 2.24. The topological polar surface area (TPSA) is 33.7 Å². The average molecular weight is 256 g/mol. The lowest BCUT2D eigenvalue weighted by atomic mass is 9.89.